The molecule has 0 aliphatic rings. The first-order chi connectivity index (χ1) is 11.0. The minimum atomic E-state index is -1.59. The Balaban J connectivity index is 2.29. The summed E-state index contributed by atoms with van der Waals surface area (Å²) in [6.45, 7) is 10.4. The molecule has 0 aliphatic carbocycles. The Morgan fingerprint density at radius 1 is 1.25 bits per heavy atom. The van der Waals surface area contributed by atoms with Crippen molar-refractivity contribution in [3.63, 3.8) is 0 Å². The zero-order valence-corrected chi connectivity index (χ0v) is 15.7. The van der Waals surface area contributed by atoms with Gasteiger partial charge in [-0.1, -0.05) is 32.9 Å². The summed E-state index contributed by atoms with van der Waals surface area (Å²) < 4.78 is 11.6. The largest absolute Gasteiger partial charge is 0.346 e. The minimum absolute atomic E-state index is 0.105. The van der Waals surface area contributed by atoms with Crippen molar-refractivity contribution in [1.82, 2.24) is 10.3 Å². The number of benzene rings is 1. The van der Waals surface area contributed by atoms with E-state index in [9.17, 15) is 9.00 Å². The van der Waals surface area contributed by atoms with E-state index in [1.54, 1.807) is 24.4 Å². The molecule has 2 aromatic rings. The smallest absolute Gasteiger partial charge is 0.270 e. The minimum Gasteiger partial charge on any atom is -0.346 e. The van der Waals surface area contributed by atoms with Crippen molar-refractivity contribution in [1.29, 1.82) is 0 Å². The van der Waals surface area contributed by atoms with Crippen LogP contribution in [0.4, 0.5) is 0 Å². The van der Waals surface area contributed by atoms with E-state index in [1.807, 2.05) is 19.9 Å². The molecule has 1 heterocycles. The molecule has 1 amide bonds. The summed E-state index contributed by atoms with van der Waals surface area (Å²) in [4.78, 5) is 17.3. The van der Waals surface area contributed by atoms with Gasteiger partial charge in [-0.05, 0) is 43.2 Å². The fourth-order valence-electron chi connectivity index (χ4n) is 3.18. The molecule has 0 radical (unpaired) electrons. The average Bonchev–Trinajstić information content (AvgIpc) is 2.42. The predicted molar refractivity (Wildman–Crippen MR) is 98.0 cm³/mol. The normalized spacial score (nSPS) is 13.8. The molecule has 0 aliphatic heterocycles. The summed E-state index contributed by atoms with van der Waals surface area (Å²) >= 11 is 0. The molecular formula is C18H25N3O2S. The van der Waals surface area contributed by atoms with Crippen molar-refractivity contribution >= 4 is 27.7 Å². The van der Waals surface area contributed by atoms with Crippen LogP contribution in [0.2, 0.25) is 0 Å². The van der Waals surface area contributed by atoms with Crippen molar-refractivity contribution in [3.05, 3.63) is 36.2 Å². The van der Waals surface area contributed by atoms with Gasteiger partial charge in [0.05, 0.1) is 4.90 Å². The van der Waals surface area contributed by atoms with Gasteiger partial charge in [-0.3, -0.25) is 9.78 Å². The Kier molecular flexibility index (Phi) is 5.11. The van der Waals surface area contributed by atoms with Crippen LogP contribution in [-0.4, -0.2) is 20.6 Å². The van der Waals surface area contributed by atoms with Gasteiger partial charge in [0.25, 0.3) is 5.91 Å². The molecule has 6 heteroatoms. The van der Waals surface area contributed by atoms with Crippen LogP contribution in [0.25, 0.3) is 10.8 Å². The van der Waals surface area contributed by atoms with E-state index in [0.29, 0.717) is 16.0 Å². The molecule has 1 unspecified atom stereocenters. The molecule has 2 rings (SSSR count). The zero-order valence-electron chi connectivity index (χ0n) is 14.8. The standard InChI is InChI=1S/C18H25N3O2S/c1-17(2,3)11-18(4,5)21-16(22)14-9-12-7-6-8-15(24(19)23)13(12)10-20-14/h6-10H,11,19H2,1-5H3,(H,21,22). The highest BCUT2D eigenvalue weighted by molar-refractivity contribution is 7.83. The molecule has 1 aromatic heterocycles. The Morgan fingerprint density at radius 3 is 2.50 bits per heavy atom. The number of nitrogens with one attached hydrogen (secondary N) is 1. The third kappa shape index (κ3) is 4.61. The second-order valence-electron chi connectivity index (χ2n) is 7.92. The van der Waals surface area contributed by atoms with E-state index < -0.39 is 11.0 Å². The van der Waals surface area contributed by atoms with Crippen molar-refractivity contribution in [2.75, 3.05) is 0 Å². The third-order valence-corrected chi connectivity index (χ3v) is 4.39. The van der Waals surface area contributed by atoms with Gasteiger partial charge in [0.15, 0.2) is 0 Å². The van der Waals surface area contributed by atoms with Crippen LogP contribution in [0.3, 0.4) is 0 Å². The van der Waals surface area contributed by atoms with Crippen molar-refractivity contribution in [2.45, 2.75) is 51.5 Å². The molecule has 0 fully saturated rings. The lowest BCUT2D eigenvalue weighted by Gasteiger charge is -2.33. The summed E-state index contributed by atoms with van der Waals surface area (Å²) in [5.74, 6) is -0.217. The number of amides is 1. The second-order valence-corrected chi connectivity index (χ2v) is 8.95. The van der Waals surface area contributed by atoms with Gasteiger partial charge in [0, 0.05) is 17.1 Å². The van der Waals surface area contributed by atoms with E-state index in [1.165, 1.54) is 0 Å². The monoisotopic (exact) mass is 347 g/mol. The first-order valence-corrected chi connectivity index (χ1v) is 9.07. The summed E-state index contributed by atoms with van der Waals surface area (Å²) in [5.41, 5.74) is 0.102. The number of nitrogens with zero attached hydrogens (tertiary/aromatic N) is 1. The average molecular weight is 347 g/mol. The second kappa shape index (κ2) is 6.61. The molecule has 0 spiro atoms. The van der Waals surface area contributed by atoms with E-state index in [2.05, 4.69) is 31.1 Å². The number of carbonyl (C=O) groups is 1. The molecule has 1 atom stereocenters. The molecule has 0 saturated heterocycles. The van der Waals surface area contributed by atoms with E-state index >= 15 is 0 Å². The van der Waals surface area contributed by atoms with Crippen LogP contribution in [0, 0.1) is 5.41 Å². The number of carbonyl (C=O) groups excluding carboxylic acids is 1. The van der Waals surface area contributed by atoms with Crippen LogP contribution in [0.15, 0.2) is 35.4 Å². The maximum absolute atomic E-state index is 12.6. The van der Waals surface area contributed by atoms with Crippen LogP contribution in [-0.2, 0) is 11.0 Å². The highest BCUT2D eigenvalue weighted by Gasteiger charge is 2.27. The van der Waals surface area contributed by atoms with Gasteiger partial charge in [0.1, 0.15) is 16.7 Å². The first-order valence-electron chi connectivity index (χ1n) is 7.86. The highest BCUT2D eigenvalue weighted by atomic mass is 32.2. The lowest BCUT2D eigenvalue weighted by Crippen LogP contribution is -2.46. The molecule has 130 valence electrons. The van der Waals surface area contributed by atoms with Gasteiger partial charge in [-0.15, -0.1) is 0 Å². The predicted octanol–water partition coefficient (Wildman–Crippen LogP) is 3.16. The van der Waals surface area contributed by atoms with Gasteiger partial charge in [0.2, 0.25) is 0 Å². The van der Waals surface area contributed by atoms with Gasteiger partial charge in [-0.2, -0.15) is 0 Å². The molecule has 1 aromatic carbocycles. The van der Waals surface area contributed by atoms with Crippen molar-refractivity contribution in [2.24, 2.45) is 10.6 Å². The van der Waals surface area contributed by atoms with Crippen LogP contribution < -0.4 is 10.5 Å². The van der Waals surface area contributed by atoms with Gasteiger partial charge in [-0.25, -0.2) is 9.35 Å². The third-order valence-electron chi connectivity index (χ3n) is 3.60. The fourth-order valence-corrected chi connectivity index (χ4v) is 3.78. The van der Waals surface area contributed by atoms with Crippen LogP contribution in [0.1, 0.15) is 51.5 Å². The van der Waals surface area contributed by atoms with E-state index in [-0.39, 0.29) is 16.9 Å². The number of rotatable bonds is 4. The molecule has 0 bridgehead atoms. The lowest BCUT2D eigenvalue weighted by atomic mass is 9.82. The maximum Gasteiger partial charge on any atom is 0.270 e. The Morgan fingerprint density at radius 2 is 1.92 bits per heavy atom. The fraction of sp³-hybridized carbons (Fsp3) is 0.444. The highest BCUT2D eigenvalue weighted by Crippen LogP contribution is 2.27. The Hall–Kier alpha value is -1.79. The summed E-state index contributed by atoms with van der Waals surface area (Å²) in [5, 5.41) is 10.0. The summed E-state index contributed by atoms with van der Waals surface area (Å²) in [6.07, 6.45) is 2.40. The topological polar surface area (TPSA) is 85.1 Å². The maximum atomic E-state index is 12.6. The number of hydrogen-bond acceptors (Lipinski definition) is 3. The van der Waals surface area contributed by atoms with E-state index in [0.717, 1.165) is 11.8 Å². The molecule has 5 nitrogen and oxygen atoms in total. The first kappa shape index (κ1) is 18.5. The summed E-state index contributed by atoms with van der Waals surface area (Å²) in [7, 11) is -1.59. The van der Waals surface area contributed by atoms with Crippen LogP contribution in [0.5, 0.6) is 0 Å². The number of nitrogens with two attached hydrogens (primary N) is 1. The number of hydrogen-bond donors (Lipinski definition) is 2. The molecular weight excluding hydrogens is 322 g/mol. The Bertz CT molecular complexity index is 794. The number of aromatic nitrogens is 1. The zero-order chi connectivity index (χ0) is 18.1. The molecule has 24 heavy (non-hydrogen) atoms. The van der Waals surface area contributed by atoms with E-state index in [4.69, 9.17) is 5.14 Å². The quantitative estimate of drug-likeness (QED) is 0.891. The SMILES string of the molecule is CC(C)(C)CC(C)(C)NC(=O)c1cc2cccc(S(N)=O)c2cn1. The summed E-state index contributed by atoms with van der Waals surface area (Å²) in [6, 6.07) is 7.03. The van der Waals surface area contributed by atoms with Gasteiger partial charge >= 0.3 is 0 Å². The van der Waals surface area contributed by atoms with Gasteiger partial charge < -0.3 is 5.32 Å². The van der Waals surface area contributed by atoms with Crippen molar-refractivity contribution in [3.8, 4) is 0 Å². The molecule has 0 saturated carbocycles. The molecule has 3 N–H and O–H groups in total. The van der Waals surface area contributed by atoms with Crippen LogP contribution >= 0.6 is 0 Å². The number of fused-ring (bicyclic) bond motifs is 1. The van der Waals surface area contributed by atoms with Crippen molar-refractivity contribution < 1.29 is 9.00 Å². The number of pyridine rings is 1. The lowest BCUT2D eigenvalue weighted by molar-refractivity contribution is 0.0886. The Labute approximate surface area is 145 Å².